The maximum Gasteiger partial charge on any atom is 0.134 e. The molecule has 0 saturated carbocycles. The summed E-state index contributed by atoms with van der Waals surface area (Å²) in [4.78, 5) is 2.36. The number of rotatable bonds is 5. The van der Waals surface area contributed by atoms with Gasteiger partial charge in [0.1, 0.15) is 5.75 Å². The van der Waals surface area contributed by atoms with Gasteiger partial charge in [0.25, 0.3) is 0 Å². The Morgan fingerprint density at radius 3 is 2.62 bits per heavy atom. The van der Waals surface area contributed by atoms with Crippen LogP contribution in [0.1, 0.15) is 32.8 Å². The van der Waals surface area contributed by atoms with E-state index in [1.165, 1.54) is 0 Å². The van der Waals surface area contributed by atoms with Gasteiger partial charge >= 0.3 is 0 Å². The Labute approximate surface area is 106 Å². The maximum absolute atomic E-state index is 9.92. The third kappa shape index (κ3) is 3.49. The fourth-order valence-corrected chi connectivity index (χ4v) is 2.12. The van der Waals surface area contributed by atoms with Crippen LogP contribution >= 0.6 is 15.9 Å². The van der Waals surface area contributed by atoms with Gasteiger partial charge in [-0.1, -0.05) is 19.1 Å². The lowest BCUT2D eigenvalue weighted by atomic mass is 10.1. The molecular weight excluding hydrogens is 266 g/mol. The molecule has 0 heterocycles. The van der Waals surface area contributed by atoms with Crippen LogP contribution in [0.25, 0.3) is 0 Å². The molecule has 1 rings (SSSR count). The minimum Gasteiger partial charge on any atom is -0.506 e. The lowest BCUT2D eigenvalue weighted by Crippen LogP contribution is -2.31. The van der Waals surface area contributed by atoms with Crippen LogP contribution in [-0.2, 0) is 6.54 Å². The van der Waals surface area contributed by atoms with Crippen molar-refractivity contribution in [2.75, 3.05) is 6.54 Å². The third-order valence-electron chi connectivity index (χ3n) is 2.68. The quantitative estimate of drug-likeness (QED) is 0.890. The number of benzene rings is 1. The Bertz CT molecular complexity index is 339. The van der Waals surface area contributed by atoms with E-state index in [-0.39, 0.29) is 0 Å². The largest absolute Gasteiger partial charge is 0.506 e. The summed E-state index contributed by atoms with van der Waals surface area (Å²) in [6.07, 6.45) is 1.13. The highest BCUT2D eigenvalue weighted by atomic mass is 79.9. The van der Waals surface area contributed by atoms with Gasteiger partial charge in [-0.15, -0.1) is 0 Å². The molecule has 0 aliphatic carbocycles. The van der Waals surface area contributed by atoms with Crippen molar-refractivity contribution >= 4 is 15.9 Å². The summed E-state index contributed by atoms with van der Waals surface area (Å²) < 4.78 is 0.769. The van der Waals surface area contributed by atoms with Crippen LogP contribution in [-0.4, -0.2) is 22.6 Å². The van der Waals surface area contributed by atoms with Crippen LogP contribution in [0, 0.1) is 0 Å². The van der Waals surface area contributed by atoms with E-state index in [4.69, 9.17) is 0 Å². The van der Waals surface area contributed by atoms with Gasteiger partial charge in [-0.3, -0.25) is 4.90 Å². The number of nitrogens with zero attached hydrogens (tertiary/aromatic N) is 1. The lowest BCUT2D eigenvalue weighted by Gasteiger charge is -2.26. The van der Waals surface area contributed by atoms with E-state index in [2.05, 4.69) is 41.6 Å². The summed E-state index contributed by atoms with van der Waals surface area (Å²) in [5.41, 5.74) is 0.983. The Morgan fingerprint density at radius 1 is 1.38 bits per heavy atom. The molecule has 0 aromatic heterocycles. The highest BCUT2D eigenvalue weighted by Crippen LogP contribution is 2.28. The molecule has 2 nitrogen and oxygen atoms in total. The Kier molecular flexibility index (Phi) is 5.29. The van der Waals surface area contributed by atoms with E-state index in [1.54, 1.807) is 0 Å². The number of phenolic OH excluding ortho intramolecular Hbond substituents is 1. The first-order chi connectivity index (χ1) is 7.56. The zero-order valence-corrected chi connectivity index (χ0v) is 11.8. The average molecular weight is 286 g/mol. The third-order valence-corrected chi connectivity index (χ3v) is 3.32. The average Bonchev–Trinajstić information content (AvgIpc) is 2.23. The summed E-state index contributed by atoms with van der Waals surface area (Å²) in [6.45, 7) is 8.41. The maximum atomic E-state index is 9.92. The zero-order valence-electron chi connectivity index (χ0n) is 10.2. The van der Waals surface area contributed by atoms with Crippen molar-refractivity contribution in [2.24, 2.45) is 0 Å². The molecule has 1 aromatic rings. The molecule has 0 atom stereocenters. The van der Waals surface area contributed by atoms with Crippen LogP contribution in [0.4, 0.5) is 0 Å². The van der Waals surface area contributed by atoms with E-state index in [1.807, 2.05) is 18.2 Å². The zero-order chi connectivity index (χ0) is 12.1. The highest BCUT2D eigenvalue weighted by molar-refractivity contribution is 9.10. The first-order valence-electron chi connectivity index (χ1n) is 5.76. The fourth-order valence-electron chi connectivity index (χ4n) is 1.71. The van der Waals surface area contributed by atoms with Crippen LogP contribution in [0.2, 0.25) is 0 Å². The van der Waals surface area contributed by atoms with Crippen molar-refractivity contribution in [3.05, 3.63) is 28.2 Å². The van der Waals surface area contributed by atoms with Gasteiger partial charge in [0.15, 0.2) is 0 Å². The molecular formula is C13H20BrNO. The van der Waals surface area contributed by atoms with Crippen molar-refractivity contribution < 1.29 is 5.11 Å². The minimum absolute atomic E-state index is 0.365. The Hall–Kier alpha value is -0.540. The van der Waals surface area contributed by atoms with Gasteiger partial charge in [-0.2, -0.15) is 0 Å². The second kappa shape index (κ2) is 6.26. The lowest BCUT2D eigenvalue weighted by molar-refractivity contribution is 0.211. The highest BCUT2D eigenvalue weighted by Gasteiger charge is 2.12. The summed E-state index contributed by atoms with van der Waals surface area (Å²) in [6, 6.07) is 6.30. The molecule has 0 saturated heterocycles. The fraction of sp³-hybridized carbons (Fsp3) is 0.538. The van der Waals surface area contributed by atoms with Crippen LogP contribution in [0.3, 0.4) is 0 Å². The van der Waals surface area contributed by atoms with Crippen LogP contribution in [0.15, 0.2) is 22.7 Å². The Morgan fingerprint density at radius 2 is 2.06 bits per heavy atom. The molecule has 0 aliphatic heterocycles. The topological polar surface area (TPSA) is 23.5 Å². The first kappa shape index (κ1) is 13.5. The number of halogens is 1. The molecule has 3 heteroatoms. The normalized spacial score (nSPS) is 11.4. The van der Waals surface area contributed by atoms with Crippen molar-refractivity contribution in [2.45, 2.75) is 39.8 Å². The van der Waals surface area contributed by atoms with Crippen LogP contribution < -0.4 is 0 Å². The van der Waals surface area contributed by atoms with Crippen molar-refractivity contribution in [3.8, 4) is 5.75 Å². The number of phenols is 1. The molecule has 0 bridgehead atoms. The van der Waals surface area contributed by atoms with E-state index in [0.29, 0.717) is 11.8 Å². The minimum atomic E-state index is 0.365. The van der Waals surface area contributed by atoms with E-state index in [9.17, 15) is 5.11 Å². The smallest absolute Gasteiger partial charge is 0.134 e. The van der Waals surface area contributed by atoms with Gasteiger partial charge in [0.2, 0.25) is 0 Å². The summed E-state index contributed by atoms with van der Waals surface area (Å²) in [5, 5.41) is 9.92. The molecule has 1 N–H and O–H groups in total. The second-order valence-corrected chi connectivity index (χ2v) is 5.17. The van der Waals surface area contributed by atoms with Crippen molar-refractivity contribution in [3.63, 3.8) is 0 Å². The molecule has 0 fully saturated rings. The van der Waals surface area contributed by atoms with Crippen molar-refractivity contribution in [1.82, 2.24) is 4.90 Å². The standard InChI is InChI=1S/C13H20BrNO/c1-4-8-15(10(2)3)9-11-6-5-7-12(14)13(11)16/h5-7,10,16H,4,8-9H2,1-3H3. The number of aromatic hydroxyl groups is 1. The number of para-hydroxylation sites is 1. The number of hydrogen-bond acceptors (Lipinski definition) is 2. The molecule has 0 aliphatic rings. The van der Waals surface area contributed by atoms with Gasteiger partial charge in [0, 0.05) is 18.2 Å². The van der Waals surface area contributed by atoms with E-state index in [0.717, 1.165) is 29.5 Å². The summed E-state index contributed by atoms with van der Waals surface area (Å²) in [5.74, 6) is 0.365. The monoisotopic (exact) mass is 285 g/mol. The molecule has 16 heavy (non-hydrogen) atoms. The molecule has 90 valence electrons. The summed E-state index contributed by atoms with van der Waals surface area (Å²) >= 11 is 3.34. The van der Waals surface area contributed by atoms with E-state index >= 15 is 0 Å². The molecule has 0 radical (unpaired) electrons. The SMILES string of the molecule is CCCN(Cc1cccc(Br)c1O)C(C)C. The van der Waals surface area contributed by atoms with Crippen molar-refractivity contribution in [1.29, 1.82) is 0 Å². The first-order valence-corrected chi connectivity index (χ1v) is 6.56. The molecule has 0 unspecified atom stereocenters. The summed E-state index contributed by atoms with van der Waals surface area (Å²) in [7, 11) is 0. The van der Waals surface area contributed by atoms with Gasteiger partial charge in [-0.05, 0) is 48.8 Å². The number of hydrogen-bond donors (Lipinski definition) is 1. The van der Waals surface area contributed by atoms with E-state index < -0.39 is 0 Å². The Balaban J connectivity index is 2.81. The molecule has 0 amide bonds. The van der Waals surface area contributed by atoms with Crippen LogP contribution in [0.5, 0.6) is 5.75 Å². The second-order valence-electron chi connectivity index (χ2n) is 4.31. The predicted octanol–water partition coefficient (Wildman–Crippen LogP) is 3.78. The molecule has 0 spiro atoms. The molecule has 1 aromatic carbocycles. The van der Waals surface area contributed by atoms with Gasteiger partial charge < -0.3 is 5.11 Å². The van der Waals surface area contributed by atoms with Gasteiger partial charge in [-0.25, -0.2) is 0 Å². The van der Waals surface area contributed by atoms with Gasteiger partial charge in [0.05, 0.1) is 4.47 Å². The predicted molar refractivity (Wildman–Crippen MR) is 71.6 cm³/mol.